The van der Waals surface area contributed by atoms with E-state index in [1.807, 2.05) is 13.8 Å². The number of hydrogen-bond acceptors (Lipinski definition) is 3. The van der Waals surface area contributed by atoms with Gasteiger partial charge in [0.05, 0.1) is 12.2 Å². The number of nitrogens with zero attached hydrogens (tertiary/aromatic N) is 1. The van der Waals surface area contributed by atoms with Gasteiger partial charge in [0, 0.05) is 26.2 Å². The van der Waals surface area contributed by atoms with Crippen LogP contribution in [0.2, 0.25) is 0 Å². The van der Waals surface area contributed by atoms with Crippen LogP contribution >= 0.6 is 0 Å². The lowest BCUT2D eigenvalue weighted by Crippen LogP contribution is -2.40. The first-order valence-corrected chi connectivity index (χ1v) is 6.40. The summed E-state index contributed by atoms with van der Waals surface area (Å²) in [6.07, 6.45) is 3.13. The van der Waals surface area contributed by atoms with Crippen molar-refractivity contribution in [1.29, 1.82) is 0 Å². The minimum atomic E-state index is -0.572. The van der Waals surface area contributed by atoms with E-state index in [4.69, 9.17) is 4.74 Å². The molecule has 0 aromatic heterocycles. The molecule has 0 spiro atoms. The van der Waals surface area contributed by atoms with Crippen molar-refractivity contribution in [1.82, 2.24) is 4.90 Å². The molecule has 3 nitrogen and oxygen atoms in total. The first kappa shape index (κ1) is 15.9. The van der Waals surface area contributed by atoms with Crippen LogP contribution in [-0.4, -0.2) is 48.5 Å². The smallest absolute Gasteiger partial charge is 0.0603 e. The van der Waals surface area contributed by atoms with Gasteiger partial charge in [-0.15, -0.1) is 0 Å². The van der Waals surface area contributed by atoms with E-state index in [-0.39, 0.29) is 0 Å². The second-order valence-corrected chi connectivity index (χ2v) is 5.06. The fourth-order valence-corrected chi connectivity index (χ4v) is 1.91. The summed E-state index contributed by atoms with van der Waals surface area (Å²) in [6, 6.07) is 0.609. The Hall–Kier alpha value is -0.120. The van der Waals surface area contributed by atoms with Crippen LogP contribution in [0.1, 0.15) is 47.0 Å². The molecule has 16 heavy (non-hydrogen) atoms. The Morgan fingerprint density at radius 3 is 2.12 bits per heavy atom. The van der Waals surface area contributed by atoms with Crippen LogP contribution in [-0.2, 0) is 4.74 Å². The Labute approximate surface area is 101 Å². The Balaban J connectivity index is 4.18. The molecular formula is C13H29NO2. The molecular weight excluding hydrogens is 202 g/mol. The van der Waals surface area contributed by atoms with Crippen molar-refractivity contribution >= 4 is 0 Å². The molecule has 0 amide bonds. The molecule has 0 fully saturated rings. The zero-order valence-corrected chi connectivity index (χ0v) is 11.6. The Kier molecular flexibility index (Phi) is 7.98. The molecule has 0 saturated carbocycles. The van der Waals surface area contributed by atoms with E-state index in [2.05, 4.69) is 18.7 Å². The highest BCUT2D eigenvalue weighted by Crippen LogP contribution is 2.13. The monoisotopic (exact) mass is 231 g/mol. The standard InChI is InChI=1S/C13H29NO2/c1-6-12(7-2)14(10-11-16-5)9-8-13(3,4)15/h12,15H,6-11H2,1-5H3. The Morgan fingerprint density at radius 2 is 1.75 bits per heavy atom. The van der Waals surface area contributed by atoms with Crippen LogP contribution in [0.3, 0.4) is 0 Å². The van der Waals surface area contributed by atoms with Gasteiger partial charge >= 0.3 is 0 Å². The summed E-state index contributed by atoms with van der Waals surface area (Å²) in [4.78, 5) is 2.43. The van der Waals surface area contributed by atoms with E-state index in [1.54, 1.807) is 7.11 Å². The highest BCUT2D eigenvalue weighted by Gasteiger charge is 2.19. The average molecular weight is 231 g/mol. The molecule has 0 radical (unpaired) electrons. The van der Waals surface area contributed by atoms with Gasteiger partial charge in [-0.2, -0.15) is 0 Å². The number of rotatable bonds is 9. The fourth-order valence-electron chi connectivity index (χ4n) is 1.91. The van der Waals surface area contributed by atoms with E-state index in [0.29, 0.717) is 6.04 Å². The van der Waals surface area contributed by atoms with Crippen molar-refractivity contribution < 1.29 is 9.84 Å². The van der Waals surface area contributed by atoms with Crippen LogP contribution in [0.4, 0.5) is 0 Å². The summed E-state index contributed by atoms with van der Waals surface area (Å²) < 4.78 is 5.14. The van der Waals surface area contributed by atoms with Gasteiger partial charge in [-0.1, -0.05) is 13.8 Å². The summed E-state index contributed by atoms with van der Waals surface area (Å²) in [6.45, 7) is 10.8. The Bertz CT molecular complexity index is 162. The van der Waals surface area contributed by atoms with Gasteiger partial charge in [0.25, 0.3) is 0 Å². The minimum absolute atomic E-state index is 0.572. The van der Waals surface area contributed by atoms with Crippen molar-refractivity contribution in [2.24, 2.45) is 0 Å². The van der Waals surface area contributed by atoms with Gasteiger partial charge in [-0.25, -0.2) is 0 Å². The normalized spacial score (nSPS) is 12.8. The molecule has 0 heterocycles. The third-order valence-corrected chi connectivity index (χ3v) is 3.05. The summed E-state index contributed by atoms with van der Waals surface area (Å²) in [5.74, 6) is 0. The summed E-state index contributed by atoms with van der Waals surface area (Å²) in [7, 11) is 1.74. The van der Waals surface area contributed by atoms with Gasteiger partial charge in [-0.3, -0.25) is 4.90 Å². The maximum absolute atomic E-state index is 9.76. The molecule has 0 aromatic carbocycles. The average Bonchev–Trinajstić information content (AvgIpc) is 2.21. The Morgan fingerprint density at radius 1 is 1.19 bits per heavy atom. The molecule has 98 valence electrons. The molecule has 0 saturated heterocycles. The first-order valence-electron chi connectivity index (χ1n) is 6.40. The molecule has 0 aliphatic heterocycles. The van der Waals surface area contributed by atoms with Gasteiger partial charge in [0.15, 0.2) is 0 Å². The molecule has 0 atom stereocenters. The lowest BCUT2D eigenvalue weighted by Gasteiger charge is -2.32. The van der Waals surface area contributed by atoms with E-state index in [0.717, 1.165) is 39.0 Å². The molecule has 0 bridgehead atoms. The van der Waals surface area contributed by atoms with Crippen molar-refractivity contribution in [3.8, 4) is 0 Å². The zero-order chi connectivity index (χ0) is 12.6. The van der Waals surface area contributed by atoms with Gasteiger partial charge < -0.3 is 9.84 Å². The predicted molar refractivity (Wildman–Crippen MR) is 68.7 cm³/mol. The molecule has 3 heteroatoms. The van der Waals surface area contributed by atoms with Crippen molar-refractivity contribution in [3.05, 3.63) is 0 Å². The highest BCUT2D eigenvalue weighted by molar-refractivity contribution is 4.73. The molecule has 0 rings (SSSR count). The van der Waals surface area contributed by atoms with Crippen molar-refractivity contribution in [2.75, 3.05) is 26.8 Å². The summed E-state index contributed by atoms with van der Waals surface area (Å²) >= 11 is 0. The van der Waals surface area contributed by atoms with Gasteiger partial charge in [0.1, 0.15) is 0 Å². The highest BCUT2D eigenvalue weighted by atomic mass is 16.5. The number of methoxy groups -OCH3 is 1. The van der Waals surface area contributed by atoms with Gasteiger partial charge in [0.2, 0.25) is 0 Å². The second kappa shape index (κ2) is 8.04. The third kappa shape index (κ3) is 7.20. The molecule has 1 N–H and O–H groups in total. The van der Waals surface area contributed by atoms with Crippen molar-refractivity contribution in [3.63, 3.8) is 0 Å². The predicted octanol–water partition coefficient (Wildman–Crippen LogP) is 2.28. The topological polar surface area (TPSA) is 32.7 Å². The number of ether oxygens (including phenoxy) is 1. The van der Waals surface area contributed by atoms with Gasteiger partial charge in [-0.05, 0) is 33.1 Å². The zero-order valence-electron chi connectivity index (χ0n) is 11.6. The van der Waals surface area contributed by atoms with Crippen LogP contribution in [0.15, 0.2) is 0 Å². The van der Waals surface area contributed by atoms with Crippen LogP contribution in [0.25, 0.3) is 0 Å². The summed E-state index contributed by atoms with van der Waals surface area (Å²) in [5, 5.41) is 9.76. The number of aliphatic hydroxyl groups is 1. The second-order valence-electron chi connectivity index (χ2n) is 5.06. The quantitative estimate of drug-likeness (QED) is 0.661. The lowest BCUT2D eigenvalue weighted by atomic mass is 10.0. The van der Waals surface area contributed by atoms with E-state index < -0.39 is 5.60 Å². The molecule has 0 aliphatic carbocycles. The van der Waals surface area contributed by atoms with Crippen LogP contribution in [0, 0.1) is 0 Å². The number of hydrogen-bond donors (Lipinski definition) is 1. The van der Waals surface area contributed by atoms with Crippen LogP contribution < -0.4 is 0 Å². The van der Waals surface area contributed by atoms with Crippen LogP contribution in [0.5, 0.6) is 0 Å². The maximum Gasteiger partial charge on any atom is 0.0603 e. The van der Waals surface area contributed by atoms with Crippen molar-refractivity contribution in [2.45, 2.75) is 58.6 Å². The van der Waals surface area contributed by atoms with E-state index in [1.165, 1.54) is 0 Å². The largest absolute Gasteiger partial charge is 0.390 e. The maximum atomic E-state index is 9.76. The molecule has 0 aliphatic rings. The van der Waals surface area contributed by atoms with E-state index in [9.17, 15) is 5.11 Å². The minimum Gasteiger partial charge on any atom is -0.390 e. The first-order chi connectivity index (χ1) is 7.44. The SMILES string of the molecule is CCC(CC)N(CCOC)CCC(C)(C)O. The lowest BCUT2D eigenvalue weighted by molar-refractivity contribution is 0.0425. The third-order valence-electron chi connectivity index (χ3n) is 3.05. The fraction of sp³-hybridized carbons (Fsp3) is 1.00. The van der Waals surface area contributed by atoms with E-state index >= 15 is 0 Å². The molecule has 0 aromatic rings. The molecule has 0 unspecified atom stereocenters. The summed E-state index contributed by atoms with van der Waals surface area (Å²) in [5.41, 5.74) is -0.572.